The minimum absolute atomic E-state index is 0.187. The van der Waals surface area contributed by atoms with Crippen molar-refractivity contribution in [1.82, 2.24) is 9.97 Å². The summed E-state index contributed by atoms with van der Waals surface area (Å²) in [6, 6.07) is 13.5. The number of methoxy groups -OCH3 is 1. The lowest BCUT2D eigenvalue weighted by atomic mass is 9.65. The Labute approximate surface area is 275 Å². The molecule has 3 aliphatic carbocycles. The average Bonchev–Trinajstić information content (AvgIpc) is 3.19. The fourth-order valence-electron chi connectivity index (χ4n) is 8.58. The summed E-state index contributed by atoms with van der Waals surface area (Å²) in [5, 5.41) is 12.0. The number of ether oxygens (including phenoxy) is 2. The Morgan fingerprint density at radius 3 is 2.80 bits per heavy atom. The zero-order valence-corrected chi connectivity index (χ0v) is 27.4. The van der Waals surface area contributed by atoms with E-state index in [1.54, 1.807) is 6.07 Å². The minimum Gasteiger partial charge on any atom is -0.490 e. The second kappa shape index (κ2) is 13.1. The highest BCUT2D eigenvalue weighted by Gasteiger charge is 2.46. The van der Waals surface area contributed by atoms with Gasteiger partial charge < -0.3 is 19.5 Å². The van der Waals surface area contributed by atoms with Crippen molar-refractivity contribution in [2.45, 2.75) is 79.7 Å². The van der Waals surface area contributed by atoms with Gasteiger partial charge in [-0.1, -0.05) is 35.9 Å². The van der Waals surface area contributed by atoms with Crippen LogP contribution < -0.4 is 9.64 Å². The Morgan fingerprint density at radius 1 is 1.16 bits per heavy atom. The molecule has 0 saturated heterocycles. The van der Waals surface area contributed by atoms with E-state index in [1.807, 2.05) is 55.5 Å². The molecule has 4 aliphatic rings. The Balaban J connectivity index is 1.14. The first-order valence-electron chi connectivity index (χ1n) is 16.4. The number of thioether (sulfide) groups is 1. The number of anilines is 1. The standard InChI is InChI=1S/C36H42ClN3O4S/c1-43-33(24-5-2-7-28(18-24)45-35-38-15-4-16-39-35)29-11-8-26(29)20-40-21-36(14-3-6-23-17-27(37)10-12-30(23)36)22-44-32-13-9-25(34(41)42)19-31(32)40/h4,9-10,12-13,15-17,19,24,26,28-29,33H,2-3,5-8,11,14,18,20-22H2,1H3,(H,41,42)/t24-,26+,28-,29-,33?,36?/m1/s1. The van der Waals surface area contributed by atoms with E-state index in [0.29, 0.717) is 35.2 Å². The predicted octanol–water partition coefficient (Wildman–Crippen LogP) is 7.69. The number of carbonyl (C=O) groups is 1. The van der Waals surface area contributed by atoms with E-state index >= 15 is 0 Å². The number of fused-ring (bicyclic) bond motifs is 3. The van der Waals surface area contributed by atoms with Gasteiger partial charge in [-0.2, -0.15) is 0 Å². The van der Waals surface area contributed by atoms with Crippen molar-refractivity contribution in [3.63, 3.8) is 0 Å². The minimum atomic E-state index is -0.916. The van der Waals surface area contributed by atoms with Gasteiger partial charge in [0.05, 0.1) is 24.0 Å². The van der Waals surface area contributed by atoms with Crippen LogP contribution in [0.25, 0.3) is 0 Å². The average molecular weight is 648 g/mol. The highest BCUT2D eigenvalue weighted by molar-refractivity contribution is 7.99. The van der Waals surface area contributed by atoms with Gasteiger partial charge in [0.15, 0.2) is 5.16 Å². The molecule has 9 heteroatoms. The number of rotatable bonds is 8. The lowest BCUT2D eigenvalue weighted by molar-refractivity contribution is -0.0587. The molecule has 2 heterocycles. The van der Waals surface area contributed by atoms with Gasteiger partial charge >= 0.3 is 5.97 Å². The molecule has 1 aromatic heterocycles. The van der Waals surface area contributed by atoms with Crippen molar-refractivity contribution < 1.29 is 19.4 Å². The van der Waals surface area contributed by atoms with Crippen LogP contribution in [0.5, 0.6) is 5.75 Å². The fraction of sp³-hybridized carbons (Fsp3) is 0.528. The normalized spacial score (nSPS) is 28.3. The van der Waals surface area contributed by atoms with Crippen LogP contribution in [0.4, 0.5) is 5.69 Å². The molecule has 2 saturated carbocycles. The van der Waals surface area contributed by atoms with E-state index in [9.17, 15) is 9.90 Å². The second-order valence-electron chi connectivity index (χ2n) is 13.5. The van der Waals surface area contributed by atoms with Gasteiger partial charge in [-0.05, 0) is 117 Å². The molecule has 238 valence electrons. The summed E-state index contributed by atoms with van der Waals surface area (Å²) >= 11 is 8.25. The molecule has 0 radical (unpaired) electrons. The lowest BCUT2D eigenvalue weighted by Crippen LogP contribution is -2.51. The third kappa shape index (κ3) is 6.30. The highest BCUT2D eigenvalue weighted by Crippen LogP contribution is 2.49. The van der Waals surface area contributed by atoms with Crippen LogP contribution in [-0.2, 0) is 16.6 Å². The molecule has 45 heavy (non-hydrogen) atoms. The summed E-state index contributed by atoms with van der Waals surface area (Å²) in [6.45, 7) is 2.22. The van der Waals surface area contributed by atoms with Gasteiger partial charge in [0, 0.05) is 48.3 Å². The van der Waals surface area contributed by atoms with Gasteiger partial charge in [0.2, 0.25) is 0 Å². The number of benzene rings is 2. The predicted molar refractivity (Wildman–Crippen MR) is 178 cm³/mol. The van der Waals surface area contributed by atoms with E-state index in [2.05, 4.69) is 27.0 Å². The van der Waals surface area contributed by atoms with Crippen LogP contribution in [0.1, 0.15) is 72.9 Å². The number of hydrogen-bond acceptors (Lipinski definition) is 7. The third-order valence-electron chi connectivity index (χ3n) is 10.9. The monoisotopic (exact) mass is 647 g/mol. The van der Waals surface area contributed by atoms with Crippen molar-refractivity contribution in [2.24, 2.45) is 17.8 Å². The maximum absolute atomic E-state index is 12.1. The first-order valence-corrected chi connectivity index (χ1v) is 17.7. The van der Waals surface area contributed by atoms with Crippen LogP contribution in [0.3, 0.4) is 0 Å². The summed E-state index contributed by atoms with van der Waals surface area (Å²) in [4.78, 5) is 23.4. The molecule has 1 aliphatic heterocycles. The Hall–Kier alpha value is -2.81. The maximum atomic E-state index is 12.1. The van der Waals surface area contributed by atoms with Gasteiger partial charge in [0.1, 0.15) is 5.75 Å². The number of nitrogens with zero attached hydrogens (tertiary/aromatic N) is 3. The van der Waals surface area contributed by atoms with Gasteiger partial charge in [0.25, 0.3) is 0 Å². The molecule has 7 nitrogen and oxygen atoms in total. The molecule has 0 amide bonds. The Bertz CT molecular complexity index is 1530. The van der Waals surface area contributed by atoms with E-state index in [4.69, 9.17) is 21.1 Å². The van der Waals surface area contributed by atoms with Gasteiger partial charge in [-0.15, -0.1) is 0 Å². The topological polar surface area (TPSA) is 84.8 Å². The first kappa shape index (κ1) is 30.8. The van der Waals surface area contributed by atoms with E-state index < -0.39 is 5.97 Å². The molecule has 7 rings (SSSR count). The summed E-state index contributed by atoms with van der Waals surface area (Å²) in [5.41, 5.74) is 3.63. The van der Waals surface area contributed by atoms with E-state index in [1.165, 1.54) is 30.4 Å². The number of aryl methyl sites for hydroxylation is 1. The number of halogens is 1. The van der Waals surface area contributed by atoms with Crippen LogP contribution >= 0.6 is 23.4 Å². The van der Waals surface area contributed by atoms with E-state index in [-0.39, 0.29) is 11.5 Å². The highest BCUT2D eigenvalue weighted by atomic mass is 35.5. The smallest absolute Gasteiger partial charge is 0.335 e. The van der Waals surface area contributed by atoms with Crippen molar-refractivity contribution in [2.75, 3.05) is 31.7 Å². The molecule has 1 N–H and O–H groups in total. The van der Waals surface area contributed by atoms with Crippen molar-refractivity contribution in [1.29, 1.82) is 0 Å². The Kier molecular flexibility index (Phi) is 8.99. The summed E-state index contributed by atoms with van der Waals surface area (Å²) < 4.78 is 12.9. The molecule has 2 fully saturated rings. The molecule has 3 aromatic rings. The Morgan fingerprint density at radius 2 is 2.02 bits per heavy atom. The van der Waals surface area contributed by atoms with Crippen molar-refractivity contribution in [3.8, 4) is 5.75 Å². The van der Waals surface area contributed by atoms with Gasteiger partial charge in [-0.25, -0.2) is 14.8 Å². The zero-order chi connectivity index (χ0) is 31.0. The van der Waals surface area contributed by atoms with Gasteiger partial charge in [-0.3, -0.25) is 0 Å². The second-order valence-corrected chi connectivity index (χ2v) is 15.2. The van der Waals surface area contributed by atoms with Crippen LogP contribution in [0, 0.1) is 17.8 Å². The molecule has 2 unspecified atom stereocenters. The van der Waals surface area contributed by atoms with E-state index in [0.717, 1.165) is 73.2 Å². The van der Waals surface area contributed by atoms with Crippen LogP contribution in [0.2, 0.25) is 5.02 Å². The number of hydrogen-bond donors (Lipinski definition) is 1. The molecule has 6 atom stereocenters. The largest absolute Gasteiger partial charge is 0.490 e. The third-order valence-corrected chi connectivity index (χ3v) is 12.3. The summed E-state index contributed by atoms with van der Waals surface area (Å²) in [7, 11) is 1.89. The quantitative estimate of drug-likeness (QED) is 0.249. The van der Waals surface area contributed by atoms with Crippen molar-refractivity contribution >= 4 is 35.0 Å². The lowest BCUT2D eigenvalue weighted by Gasteiger charge is -2.48. The van der Waals surface area contributed by atoms with Crippen LogP contribution in [0.15, 0.2) is 60.0 Å². The number of carboxylic acid groups (broad SMARTS) is 1. The molecular formula is C36H42ClN3O4S. The van der Waals surface area contributed by atoms with Crippen molar-refractivity contribution in [3.05, 3.63) is 76.6 Å². The number of aromatic nitrogens is 2. The summed E-state index contributed by atoms with van der Waals surface area (Å²) in [5.74, 6) is 1.30. The molecular weight excluding hydrogens is 606 g/mol. The molecule has 2 aromatic carbocycles. The molecule has 0 bridgehead atoms. The number of aromatic carboxylic acids is 1. The number of carboxylic acids is 1. The first-order chi connectivity index (χ1) is 21.9. The molecule has 1 spiro atoms. The SMILES string of the molecule is COC([C@@H]1CCC[C@@H](Sc2ncccn2)C1)[C@@H]1CC[C@H]1CN1CC2(CCCc3cc(Cl)ccc32)COc2ccc(C(=O)O)cc21. The maximum Gasteiger partial charge on any atom is 0.335 e. The summed E-state index contributed by atoms with van der Waals surface area (Å²) in [6.07, 6.45) is 14.0. The van der Waals surface area contributed by atoms with Crippen LogP contribution in [-0.4, -0.2) is 59.2 Å². The zero-order valence-electron chi connectivity index (χ0n) is 25.9. The fourth-order valence-corrected chi connectivity index (χ4v) is 9.95.